The van der Waals surface area contributed by atoms with Crippen molar-refractivity contribution < 1.29 is 9.18 Å². The summed E-state index contributed by atoms with van der Waals surface area (Å²) in [6.45, 7) is 1.79. The summed E-state index contributed by atoms with van der Waals surface area (Å²) in [6, 6.07) is 10.6. The number of halogens is 3. The molecule has 1 amide bonds. The summed E-state index contributed by atoms with van der Waals surface area (Å²) in [6.07, 6.45) is 3.45. The molecule has 146 valence electrons. The maximum absolute atomic E-state index is 13.3. The molecule has 0 saturated heterocycles. The third kappa shape index (κ3) is 4.87. The van der Waals surface area contributed by atoms with Gasteiger partial charge in [-0.2, -0.15) is 0 Å². The summed E-state index contributed by atoms with van der Waals surface area (Å²) in [5.74, 6) is 0.115. The summed E-state index contributed by atoms with van der Waals surface area (Å²) in [5.41, 5.74) is 0.738. The van der Waals surface area contributed by atoms with E-state index >= 15 is 0 Å². The first-order chi connectivity index (χ1) is 13.3. The molecule has 0 spiro atoms. The van der Waals surface area contributed by atoms with Crippen LogP contribution >= 0.6 is 35.0 Å². The van der Waals surface area contributed by atoms with E-state index in [0.717, 1.165) is 10.5 Å². The minimum Gasteiger partial charge on any atom is -0.341 e. The van der Waals surface area contributed by atoms with Crippen LogP contribution in [-0.2, 0) is 11.8 Å². The van der Waals surface area contributed by atoms with Crippen LogP contribution in [0.4, 0.5) is 4.39 Å². The van der Waals surface area contributed by atoms with Gasteiger partial charge < -0.3 is 9.88 Å². The van der Waals surface area contributed by atoms with Crippen molar-refractivity contribution in [2.75, 3.05) is 0 Å². The van der Waals surface area contributed by atoms with E-state index in [1.54, 1.807) is 49.6 Å². The molecule has 28 heavy (non-hydrogen) atoms. The van der Waals surface area contributed by atoms with E-state index in [9.17, 15) is 9.18 Å². The lowest BCUT2D eigenvalue weighted by Crippen LogP contribution is -2.36. The Morgan fingerprint density at radius 3 is 2.57 bits per heavy atom. The number of amides is 1. The van der Waals surface area contributed by atoms with Gasteiger partial charge in [-0.1, -0.05) is 35.3 Å². The number of thioether (sulfide) groups is 1. The number of benzene rings is 2. The fourth-order valence-electron chi connectivity index (χ4n) is 2.68. The van der Waals surface area contributed by atoms with Gasteiger partial charge in [-0.05, 0) is 42.8 Å². The monoisotopic (exact) mass is 437 g/mol. The lowest BCUT2D eigenvalue weighted by atomic mass is 10.1. The molecule has 1 N–H and O–H groups in total. The van der Waals surface area contributed by atoms with Crippen LogP contribution < -0.4 is 5.32 Å². The van der Waals surface area contributed by atoms with Crippen LogP contribution in [0, 0.1) is 5.82 Å². The number of hydrogen-bond donors (Lipinski definition) is 1. The van der Waals surface area contributed by atoms with Crippen molar-refractivity contribution in [1.82, 2.24) is 14.9 Å². The molecule has 4 nitrogen and oxygen atoms in total. The smallest absolute Gasteiger partial charge is 0.234 e. The minimum absolute atomic E-state index is 0.196. The van der Waals surface area contributed by atoms with Crippen molar-refractivity contribution in [2.24, 2.45) is 7.05 Å². The standard InChI is InChI=1S/C20H18Cl2FN3OS/c1-12(28-17-11-14(21)5-8-16(17)22)20(27)25-18(19-24-9-10-26(19)2)13-3-6-15(23)7-4-13/h3-12,18H,1-2H3,(H,25,27). The Labute approximate surface area is 177 Å². The number of nitrogens with one attached hydrogen (secondary N) is 1. The molecule has 2 atom stereocenters. The van der Waals surface area contributed by atoms with Gasteiger partial charge in [0.05, 0.1) is 10.3 Å². The first kappa shape index (κ1) is 20.7. The van der Waals surface area contributed by atoms with Crippen molar-refractivity contribution in [3.63, 3.8) is 0 Å². The summed E-state index contributed by atoms with van der Waals surface area (Å²) >= 11 is 13.5. The van der Waals surface area contributed by atoms with Gasteiger partial charge in [-0.15, -0.1) is 11.8 Å². The summed E-state index contributed by atoms with van der Waals surface area (Å²) in [7, 11) is 1.84. The molecule has 0 fully saturated rings. The fourth-order valence-corrected chi connectivity index (χ4v) is 4.10. The SMILES string of the molecule is CC(Sc1cc(Cl)ccc1Cl)C(=O)NC(c1ccc(F)cc1)c1nccn1C. The van der Waals surface area contributed by atoms with Gasteiger partial charge in [-0.3, -0.25) is 4.79 Å². The largest absolute Gasteiger partial charge is 0.341 e. The molecule has 0 aliphatic rings. The van der Waals surface area contributed by atoms with Crippen molar-refractivity contribution in [1.29, 1.82) is 0 Å². The zero-order valence-corrected chi connectivity index (χ0v) is 17.5. The molecule has 0 aliphatic carbocycles. The highest BCUT2D eigenvalue weighted by molar-refractivity contribution is 8.00. The first-order valence-corrected chi connectivity index (χ1v) is 10.1. The van der Waals surface area contributed by atoms with Crippen LogP contribution in [-0.4, -0.2) is 20.7 Å². The Morgan fingerprint density at radius 2 is 1.93 bits per heavy atom. The van der Waals surface area contributed by atoms with Crippen LogP contribution in [0.25, 0.3) is 0 Å². The lowest BCUT2D eigenvalue weighted by Gasteiger charge is -2.21. The van der Waals surface area contributed by atoms with E-state index in [0.29, 0.717) is 15.9 Å². The maximum Gasteiger partial charge on any atom is 0.234 e. The Bertz CT molecular complexity index is 978. The average Bonchev–Trinajstić information content (AvgIpc) is 3.09. The Kier molecular flexibility index (Phi) is 6.65. The lowest BCUT2D eigenvalue weighted by molar-refractivity contribution is -0.120. The number of nitrogens with zero attached hydrogens (tertiary/aromatic N) is 2. The first-order valence-electron chi connectivity index (χ1n) is 8.50. The maximum atomic E-state index is 13.3. The van der Waals surface area contributed by atoms with Gasteiger partial charge in [0.2, 0.25) is 5.91 Å². The zero-order valence-electron chi connectivity index (χ0n) is 15.2. The third-order valence-corrected chi connectivity index (χ3v) is 6.01. The van der Waals surface area contributed by atoms with E-state index in [1.807, 2.05) is 11.6 Å². The number of carbonyl (C=O) groups is 1. The van der Waals surface area contributed by atoms with Gasteiger partial charge in [0, 0.05) is 29.4 Å². The fraction of sp³-hybridized carbons (Fsp3) is 0.200. The molecule has 3 aromatic rings. The second kappa shape index (κ2) is 8.99. The average molecular weight is 438 g/mol. The van der Waals surface area contributed by atoms with Crippen molar-refractivity contribution in [3.05, 3.63) is 82.1 Å². The predicted octanol–water partition coefficient (Wildman–Crippen LogP) is 5.25. The highest BCUT2D eigenvalue weighted by Gasteiger charge is 2.24. The van der Waals surface area contributed by atoms with E-state index < -0.39 is 11.3 Å². The molecule has 1 heterocycles. The number of carbonyl (C=O) groups excluding carboxylic acids is 1. The molecule has 0 aliphatic heterocycles. The van der Waals surface area contributed by atoms with Crippen LogP contribution in [0.1, 0.15) is 24.4 Å². The predicted molar refractivity (Wildman–Crippen MR) is 111 cm³/mol. The molecule has 0 bridgehead atoms. The Morgan fingerprint density at radius 1 is 1.21 bits per heavy atom. The van der Waals surface area contributed by atoms with Gasteiger partial charge >= 0.3 is 0 Å². The molecule has 0 radical (unpaired) electrons. The zero-order chi connectivity index (χ0) is 20.3. The quantitative estimate of drug-likeness (QED) is 0.535. The second-order valence-corrected chi connectivity index (χ2v) is 8.45. The molecule has 2 unspecified atom stereocenters. The molecular weight excluding hydrogens is 420 g/mol. The highest BCUT2D eigenvalue weighted by Crippen LogP contribution is 2.33. The molecular formula is C20H18Cl2FN3OS. The molecule has 3 rings (SSSR count). The normalized spacial score (nSPS) is 13.2. The van der Waals surface area contributed by atoms with Crippen LogP contribution in [0.2, 0.25) is 10.0 Å². The van der Waals surface area contributed by atoms with Crippen molar-refractivity contribution in [3.8, 4) is 0 Å². The topological polar surface area (TPSA) is 46.9 Å². The van der Waals surface area contributed by atoms with E-state index in [-0.39, 0.29) is 11.7 Å². The number of aryl methyl sites for hydroxylation is 1. The van der Waals surface area contributed by atoms with E-state index in [4.69, 9.17) is 23.2 Å². The molecule has 1 aromatic heterocycles. The summed E-state index contributed by atoms with van der Waals surface area (Å²) in [5, 5.41) is 3.67. The van der Waals surface area contributed by atoms with Gasteiger partial charge in [0.25, 0.3) is 0 Å². The van der Waals surface area contributed by atoms with Crippen LogP contribution in [0.3, 0.4) is 0 Å². The van der Waals surface area contributed by atoms with Crippen LogP contribution in [0.15, 0.2) is 59.8 Å². The van der Waals surface area contributed by atoms with Crippen molar-refractivity contribution >= 4 is 40.9 Å². The molecule has 0 saturated carbocycles. The van der Waals surface area contributed by atoms with E-state index in [2.05, 4.69) is 10.3 Å². The second-order valence-electron chi connectivity index (χ2n) is 6.22. The van der Waals surface area contributed by atoms with Crippen LogP contribution in [0.5, 0.6) is 0 Å². The highest BCUT2D eigenvalue weighted by atomic mass is 35.5. The molecule has 2 aromatic carbocycles. The summed E-state index contributed by atoms with van der Waals surface area (Å²) in [4.78, 5) is 18.0. The summed E-state index contributed by atoms with van der Waals surface area (Å²) < 4.78 is 15.2. The number of imidazole rings is 1. The van der Waals surface area contributed by atoms with Gasteiger partial charge in [-0.25, -0.2) is 9.37 Å². The van der Waals surface area contributed by atoms with Gasteiger partial charge in [0.1, 0.15) is 17.7 Å². The van der Waals surface area contributed by atoms with Crippen molar-refractivity contribution in [2.45, 2.75) is 23.1 Å². The minimum atomic E-state index is -0.508. The third-order valence-electron chi connectivity index (χ3n) is 4.17. The molecule has 8 heteroatoms. The number of rotatable bonds is 6. The van der Waals surface area contributed by atoms with Gasteiger partial charge in [0.15, 0.2) is 0 Å². The Hall–Kier alpha value is -2.02. The van der Waals surface area contributed by atoms with E-state index in [1.165, 1.54) is 23.9 Å². The Balaban J connectivity index is 1.82. The number of aromatic nitrogens is 2. The number of hydrogen-bond acceptors (Lipinski definition) is 3.